The van der Waals surface area contributed by atoms with Gasteiger partial charge in [0.1, 0.15) is 5.75 Å². The van der Waals surface area contributed by atoms with Crippen LogP contribution in [0.3, 0.4) is 0 Å². The first kappa shape index (κ1) is 17.4. The van der Waals surface area contributed by atoms with Gasteiger partial charge in [-0.3, -0.25) is 4.90 Å². The highest BCUT2D eigenvalue weighted by Crippen LogP contribution is 2.16. The Morgan fingerprint density at radius 2 is 2.12 bits per heavy atom. The molecule has 0 bridgehead atoms. The van der Waals surface area contributed by atoms with Gasteiger partial charge >= 0.3 is 0 Å². The number of nitrogens with two attached hydrogens (primary N) is 1. The third kappa shape index (κ3) is 5.04. The number of aryl methyl sites for hydroxylation is 1. The summed E-state index contributed by atoms with van der Waals surface area (Å²) >= 11 is 0. The lowest BCUT2D eigenvalue weighted by Crippen LogP contribution is -2.37. The van der Waals surface area contributed by atoms with E-state index in [1.807, 2.05) is 31.2 Å². The van der Waals surface area contributed by atoms with Crippen molar-refractivity contribution >= 4 is 12.2 Å². The Bertz CT molecular complexity index is 707. The van der Waals surface area contributed by atoms with Crippen molar-refractivity contribution in [1.29, 1.82) is 0 Å². The molecule has 0 unspecified atom stereocenters. The largest absolute Gasteiger partial charge is 0.493 e. The molecule has 0 saturated carbocycles. The molecule has 1 aromatic carbocycles. The smallest absolute Gasteiger partial charge is 0.221 e. The zero-order valence-electron chi connectivity index (χ0n) is 14.6. The number of benzene rings is 1. The Kier molecular flexibility index (Phi) is 6.03. The first-order chi connectivity index (χ1) is 12.2. The van der Waals surface area contributed by atoms with Gasteiger partial charge in [0.15, 0.2) is 0 Å². The van der Waals surface area contributed by atoms with E-state index in [4.69, 9.17) is 15.2 Å². The summed E-state index contributed by atoms with van der Waals surface area (Å²) in [6.45, 7) is 7.27. The fraction of sp³-hybridized carbons (Fsp3) is 0.444. The second-order valence-corrected chi connectivity index (χ2v) is 6.02. The highest BCUT2D eigenvalue weighted by Gasteiger charge is 2.09. The fourth-order valence-electron chi connectivity index (χ4n) is 2.73. The van der Waals surface area contributed by atoms with Crippen molar-refractivity contribution in [2.45, 2.75) is 13.3 Å². The van der Waals surface area contributed by atoms with Crippen LogP contribution >= 0.6 is 0 Å². The normalized spacial score (nSPS) is 15.7. The van der Waals surface area contributed by atoms with Gasteiger partial charge in [0.2, 0.25) is 5.95 Å². The molecule has 1 fully saturated rings. The summed E-state index contributed by atoms with van der Waals surface area (Å²) in [6, 6.07) is 7.86. The Labute approximate surface area is 148 Å². The summed E-state index contributed by atoms with van der Waals surface area (Å²) in [5.41, 5.74) is 7.56. The van der Waals surface area contributed by atoms with E-state index in [1.165, 1.54) is 0 Å². The maximum Gasteiger partial charge on any atom is 0.221 e. The summed E-state index contributed by atoms with van der Waals surface area (Å²) in [5, 5.41) is 4.36. The molecular weight excluding hydrogens is 318 g/mol. The van der Waals surface area contributed by atoms with Crippen molar-refractivity contribution in [3.8, 4) is 5.75 Å². The second kappa shape index (κ2) is 8.64. The van der Waals surface area contributed by atoms with Crippen molar-refractivity contribution in [3.63, 3.8) is 0 Å². The zero-order chi connectivity index (χ0) is 17.5. The van der Waals surface area contributed by atoms with E-state index in [1.54, 1.807) is 17.1 Å². The molecule has 25 heavy (non-hydrogen) atoms. The molecule has 2 heterocycles. The number of anilines is 1. The zero-order valence-corrected chi connectivity index (χ0v) is 14.6. The van der Waals surface area contributed by atoms with E-state index in [0.29, 0.717) is 12.6 Å². The van der Waals surface area contributed by atoms with E-state index in [0.717, 1.165) is 56.3 Å². The summed E-state index contributed by atoms with van der Waals surface area (Å²) in [7, 11) is 0. The van der Waals surface area contributed by atoms with Crippen LogP contribution < -0.4 is 10.5 Å². The first-order valence-corrected chi connectivity index (χ1v) is 8.60. The maximum atomic E-state index is 5.95. The molecule has 0 radical (unpaired) electrons. The molecule has 3 rings (SSSR count). The molecule has 0 spiro atoms. The lowest BCUT2D eigenvalue weighted by Gasteiger charge is -2.26. The maximum absolute atomic E-state index is 5.95. The number of imidazole rings is 1. The fourth-order valence-corrected chi connectivity index (χ4v) is 2.73. The van der Waals surface area contributed by atoms with Crippen molar-refractivity contribution < 1.29 is 9.47 Å². The molecule has 2 aromatic rings. The monoisotopic (exact) mass is 343 g/mol. The highest BCUT2D eigenvalue weighted by molar-refractivity contribution is 5.83. The quantitative estimate of drug-likeness (QED) is 0.612. The molecule has 2 N–H and O–H groups in total. The van der Waals surface area contributed by atoms with Gasteiger partial charge in [0.25, 0.3) is 0 Å². The van der Waals surface area contributed by atoms with Gasteiger partial charge in [-0.05, 0) is 25.5 Å². The molecule has 0 amide bonds. The van der Waals surface area contributed by atoms with Crippen molar-refractivity contribution in [1.82, 2.24) is 14.6 Å². The van der Waals surface area contributed by atoms with Crippen LogP contribution in [-0.4, -0.2) is 60.2 Å². The number of hydrogen-bond donors (Lipinski definition) is 1. The second-order valence-electron chi connectivity index (χ2n) is 6.02. The summed E-state index contributed by atoms with van der Waals surface area (Å²) < 4.78 is 12.9. The number of para-hydroxylation sites is 1. The Balaban J connectivity index is 1.54. The van der Waals surface area contributed by atoms with Crippen LogP contribution in [-0.2, 0) is 4.74 Å². The molecule has 1 aliphatic rings. The van der Waals surface area contributed by atoms with Crippen LogP contribution in [0.2, 0.25) is 0 Å². The molecule has 0 atom stereocenters. The third-order valence-corrected chi connectivity index (χ3v) is 4.05. The SMILES string of the molecule is Cc1cn(N=Cc2ccccc2OCCCN2CCOCC2)c(N)n1. The number of aromatic nitrogens is 2. The minimum atomic E-state index is 0.373. The predicted octanol–water partition coefficient (Wildman–Crippen LogP) is 1.76. The molecule has 7 nitrogen and oxygen atoms in total. The summed E-state index contributed by atoms with van der Waals surface area (Å²) in [6.07, 6.45) is 4.52. The number of rotatable bonds is 7. The first-order valence-electron chi connectivity index (χ1n) is 8.60. The molecule has 1 aromatic heterocycles. The van der Waals surface area contributed by atoms with Crippen molar-refractivity contribution in [2.75, 3.05) is 45.2 Å². The Morgan fingerprint density at radius 1 is 1.32 bits per heavy atom. The van der Waals surface area contributed by atoms with Gasteiger partial charge in [-0.15, -0.1) is 0 Å². The molecular formula is C18H25N5O2. The molecule has 134 valence electrons. The van der Waals surface area contributed by atoms with Gasteiger partial charge in [0.05, 0.1) is 37.9 Å². The van der Waals surface area contributed by atoms with Crippen LogP contribution in [0.4, 0.5) is 5.95 Å². The lowest BCUT2D eigenvalue weighted by atomic mass is 10.2. The average Bonchev–Trinajstić information content (AvgIpc) is 2.96. The van der Waals surface area contributed by atoms with Crippen LogP contribution in [0, 0.1) is 6.92 Å². The number of morpholine rings is 1. The van der Waals surface area contributed by atoms with E-state index in [2.05, 4.69) is 15.0 Å². The van der Waals surface area contributed by atoms with E-state index in [-0.39, 0.29) is 0 Å². The summed E-state index contributed by atoms with van der Waals surface area (Å²) in [4.78, 5) is 6.54. The Morgan fingerprint density at radius 3 is 2.88 bits per heavy atom. The van der Waals surface area contributed by atoms with Gasteiger partial charge in [0, 0.05) is 25.2 Å². The van der Waals surface area contributed by atoms with E-state index in [9.17, 15) is 0 Å². The standard InChI is InChI=1S/C18H25N5O2/c1-15-14-23(18(19)21-15)20-13-16-5-2-3-6-17(16)25-10-4-7-22-8-11-24-12-9-22/h2-3,5-6,13-14H,4,7-12H2,1H3,(H2,19,21). The average molecular weight is 343 g/mol. The molecule has 1 saturated heterocycles. The van der Waals surface area contributed by atoms with E-state index >= 15 is 0 Å². The highest BCUT2D eigenvalue weighted by atomic mass is 16.5. The number of nitrogens with zero attached hydrogens (tertiary/aromatic N) is 4. The summed E-state index contributed by atoms with van der Waals surface area (Å²) in [5.74, 6) is 1.20. The van der Waals surface area contributed by atoms with Crippen LogP contribution in [0.25, 0.3) is 0 Å². The number of ether oxygens (including phenoxy) is 2. The molecule has 0 aliphatic carbocycles. The van der Waals surface area contributed by atoms with Crippen LogP contribution in [0.1, 0.15) is 17.7 Å². The van der Waals surface area contributed by atoms with Gasteiger partial charge in [-0.25, -0.2) is 9.66 Å². The lowest BCUT2D eigenvalue weighted by molar-refractivity contribution is 0.0358. The predicted molar refractivity (Wildman–Crippen MR) is 98.2 cm³/mol. The van der Waals surface area contributed by atoms with Crippen LogP contribution in [0.5, 0.6) is 5.75 Å². The molecule has 7 heteroatoms. The number of hydrogen-bond acceptors (Lipinski definition) is 6. The molecule has 1 aliphatic heterocycles. The van der Waals surface area contributed by atoms with E-state index < -0.39 is 0 Å². The number of nitrogen functional groups attached to an aromatic ring is 1. The third-order valence-electron chi connectivity index (χ3n) is 4.05. The van der Waals surface area contributed by atoms with Crippen LogP contribution in [0.15, 0.2) is 35.6 Å². The Hall–Kier alpha value is -2.38. The minimum Gasteiger partial charge on any atom is -0.493 e. The minimum absolute atomic E-state index is 0.373. The van der Waals surface area contributed by atoms with Gasteiger partial charge in [-0.1, -0.05) is 12.1 Å². The topological polar surface area (TPSA) is 77.9 Å². The van der Waals surface area contributed by atoms with Crippen molar-refractivity contribution in [2.24, 2.45) is 5.10 Å². The van der Waals surface area contributed by atoms with Gasteiger partial charge < -0.3 is 15.2 Å². The van der Waals surface area contributed by atoms with Crippen molar-refractivity contribution in [3.05, 3.63) is 41.7 Å². The van der Waals surface area contributed by atoms with Gasteiger partial charge in [-0.2, -0.15) is 5.10 Å².